The number of furan rings is 1. The molecular formula is C13H22N2O2. The highest BCUT2D eigenvalue weighted by atomic mass is 16.3. The molecule has 1 unspecified atom stereocenters. The number of nitrogens with one attached hydrogen (secondary N) is 2. The third kappa shape index (κ3) is 5.54. The average Bonchev–Trinajstić information content (AvgIpc) is 2.67. The lowest BCUT2D eigenvalue weighted by molar-refractivity contribution is -0.121. The first kappa shape index (κ1) is 13.8. The summed E-state index contributed by atoms with van der Waals surface area (Å²) in [6.45, 7) is 8.83. The summed E-state index contributed by atoms with van der Waals surface area (Å²) < 4.78 is 5.22. The predicted molar refractivity (Wildman–Crippen MR) is 67.6 cm³/mol. The van der Waals surface area contributed by atoms with Gasteiger partial charge >= 0.3 is 0 Å². The van der Waals surface area contributed by atoms with E-state index in [0.29, 0.717) is 13.0 Å². The average molecular weight is 238 g/mol. The Morgan fingerprint density at radius 1 is 1.47 bits per heavy atom. The first-order valence-electron chi connectivity index (χ1n) is 5.96. The number of hydrogen-bond donors (Lipinski definition) is 2. The topological polar surface area (TPSA) is 54.3 Å². The van der Waals surface area contributed by atoms with Crippen molar-refractivity contribution in [2.45, 2.75) is 45.7 Å². The molecule has 0 spiro atoms. The number of amides is 1. The Labute approximate surface area is 103 Å². The third-order valence-electron chi connectivity index (χ3n) is 2.35. The minimum atomic E-state index is -0.0767. The summed E-state index contributed by atoms with van der Waals surface area (Å²) in [5.74, 6) is 0.813. The monoisotopic (exact) mass is 238 g/mol. The first-order chi connectivity index (χ1) is 7.88. The summed E-state index contributed by atoms with van der Waals surface area (Å²) in [5, 5.41) is 6.17. The van der Waals surface area contributed by atoms with Crippen LogP contribution in [0.15, 0.2) is 22.8 Å². The van der Waals surface area contributed by atoms with Crippen LogP contribution >= 0.6 is 0 Å². The second kappa shape index (κ2) is 5.87. The van der Waals surface area contributed by atoms with Gasteiger partial charge in [-0.25, -0.2) is 0 Å². The first-order valence-corrected chi connectivity index (χ1v) is 5.96. The lowest BCUT2D eigenvalue weighted by atomic mass is 10.1. The van der Waals surface area contributed by atoms with E-state index in [4.69, 9.17) is 4.42 Å². The molecule has 1 aromatic heterocycles. The van der Waals surface area contributed by atoms with Crippen LogP contribution in [-0.2, 0) is 4.79 Å². The molecule has 0 aromatic carbocycles. The highest BCUT2D eigenvalue weighted by Gasteiger charge is 2.13. The second-order valence-electron chi connectivity index (χ2n) is 5.23. The van der Waals surface area contributed by atoms with Gasteiger partial charge in [0.1, 0.15) is 5.76 Å². The summed E-state index contributed by atoms with van der Waals surface area (Å²) in [4.78, 5) is 11.6. The van der Waals surface area contributed by atoms with Gasteiger partial charge in [-0.15, -0.1) is 0 Å². The van der Waals surface area contributed by atoms with Gasteiger partial charge in [0, 0.05) is 18.5 Å². The van der Waals surface area contributed by atoms with E-state index >= 15 is 0 Å². The van der Waals surface area contributed by atoms with E-state index in [1.165, 1.54) is 0 Å². The number of hydrogen-bond acceptors (Lipinski definition) is 3. The number of carbonyl (C=O) groups is 1. The van der Waals surface area contributed by atoms with Gasteiger partial charge in [-0.3, -0.25) is 4.79 Å². The maximum Gasteiger partial charge on any atom is 0.221 e. The molecule has 1 atom stereocenters. The van der Waals surface area contributed by atoms with Crippen LogP contribution in [0.2, 0.25) is 0 Å². The molecule has 4 heteroatoms. The molecule has 1 amide bonds. The van der Waals surface area contributed by atoms with Gasteiger partial charge in [0.25, 0.3) is 0 Å². The van der Waals surface area contributed by atoms with Crippen molar-refractivity contribution in [1.29, 1.82) is 0 Å². The second-order valence-corrected chi connectivity index (χ2v) is 5.23. The Kier molecular flexibility index (Phi) is 4.75. The van der Waals surface area contributed by atoms with E-state index < -0.39 is 0 Å². The van der Waals surface area contributed by atoms with Crippen molar-refractivity contribution in [2.24, 2.45) is 0 Å². The van der Waals surface area contributed by atoms with Crippen LogP contribution in [0.3, 0.4) is 0 Å². The molecule has 1 rings (SSSR count). The highest BCUT2D eigenvalue weighted by Crippen LogP contribution is 2.12. The van der Waals surface area contributed by atoms with Crippen molar-refractivity contribution in [1.82, 2.24) is 10.6 Å². The van der Waals surface area contributed by atoms with Gasteiger partial charge in [-0.1, -0.05) is 0 Å². The summed E-state index contributed by atoms with van der Waals surface area (Å²) in [5.41, 5.74) is 0.0485. The van der Waals surface area contributed by atoms with Crippen molar-refractivity contribution in [3.05, 3.63) is 24.2 Å². The lowest BCUT2D eigenvalue weighted by Gasteiger charge is -2.20. The predicted octanol–water partition coefficient (Wildman–Crippen LogP) is 2.23. The molecule has 1 heterocycles. The highest BCUT2D eigenvalue weighted by molar-refractivity contribution is 5.76. The Hall–Kier alpha value is -1.29. The van der Waals surface area contributed by atoms with Crippen LogP contribution in [0, 0.1) is 0 Å². The number of rotatable bonds is 5. The molecular weight excluding hydrogens is 216 g/mol. The fraction of sp³-hybridized carbons (Fsp3) is 0.615. The molecule has 17 heavy (non-hydrogen) atoms. The van der Waals surface area contributed by atoms with Crippen molar-refractivity contribution < 1.29 is 9.21 Å². The van der Waals surface area contributed by atoms with E-state index in [0.717, 1.165) is 5.76 Å². The van der Waals surface area contributed by atoms with E-state index in [1.807, 2.05) is 19.1 Å². The van der Waals surface area contributed by atoms with Crippen molar-refractivity contribution >= 4 is 5.91 Å². The summed E-state index contributed by atoms with van der Waals surface area (Å²) >= 11 is 0. The van der Waals surface area contributed by atoms with Gasteiger partial charge in [-0.05, 0) is 39.8 Å². The minimum Gasteiger partial charge on any atom is -0.467 e. The minimum absolute atomic E-state index is 0.0330. The molecule has 0 aliphatic heterocycles. The van der Waals surface area contributed by atoms with Crippen molar-refractivity contribution in [3.63, 3.8) is 0 Å². The van der Waals surface area contributed by atoms with Crippen molar-refractivity contribution in [2.75, 3.05) is 6.54 Å². The van der Waals surface area contributed by atoms with Crippen LogP contribution in [0.1, 0.15) is 45.9 Å². The molecule has 0 aliphatic rings. The summed E-state index contributed by atoms with van der Waals surface area (Å²) in [7, 11) is 0. The molecule has 0 saturated heterocycles. The van der Waals surface area contributed by atoms with Crippen molar-refractivity contribution in [3.8, 4) is 0 Å². The van der Waals surface area contributed by atoms with Crippen LogP contribution in [-0.4, -0.2) is 18.0 Å². The molecule has 4 nitrogen and oxygen atoms in total. The lowest BCUT2D eigenvalue weighted by Crippen LogP contribution is -2.38. The van der Waals surface area contributed by atoms with E-state index in [9.17, 15) is 4.79 Å². The van der Waals surface area contributed by atoms with Gasteiger partial charge in [-0.2, -0.15) is 0 Å². The Morgan fingerprint density at radius 2 is 2.18 bits per heavy atom. The van der Waals surface area contributed by atoms with Crippen LogP contribution in [0.4, 0.5) is 0 Å². The molecule has 0 radical (unpaired) electrons. The zero-order valence-electron chi connectivity index (χ0n) is 11.0. The van der Waals surface area contributed by atoms with Crippen LogP contribution in [0.5, 0.6) is 0 Å². The standard InChI is InChI=1S/C13H22N2O2/c1-10(11-6-5-9-17-11)15-12(16)7-8-14-13(2,3)4/h5-6,9-10,14H,7-8H2,1-4H3,(H,15,16). The van der Waals surface area contributed by atoms with E-state index in [-0.39, 0.29) is 17.5 Å². The molecule has 0 saturated carbocycles. The molecule has 96 valence electrons. The summed E-state index contributed by atoms with van der Waals surface area (Å²) in [6.07, 6.45) is 2.08. The molecule has 2 N–H and O–H groups in total. The fourth-order valence-electron chi connectivity index (χ4n) is 1.47. The molecule has 0 fully saturated rings. The van der Waals surface area contributed by atoms with Crippen LogP contribution < -0.4 is 10.6 Å². The molecule has 0 bridgehead atoms. The normalized spacial score (nSPS) is 13.4. The van der Waals surface area contributed by atoms with Gasteiger partial charge in [0.15, 0.2) is 0 Å². The Bertz CT molecular complexity index is 339. The maximum absolute atomic E-state index is 11.6. The SMILES string of the molecule is CC(NC(=O)CCNC(C)(C)C)c1ccco1. The van der Waals surface area contributed by atoms with Gasteiger partial charge < -0.3 is 15.1 Å². The van der Waals surface area contributed by atoms with E-state index in [1.54, 1.807) is 6.26 Å². The third-order valence-corrected chi connectivity index (χ3v) is 2.35. The van der Waals surface area contributed by atoms with E-state index in [2.05, 4.69) is 31.4 Å². The fourth-order valence-corrected chi connectivity index (χ4v) is 1.47. The quantitative estimate of drug-likeness (QED) is 0.827. The summed E-state index contributed by atoms with van der Waals surface area (Å²) in [6, 6.07) is 3.60. The maximum atomic E-state index is 11.6. The zero-order chi connectivity index (χ0) is 12.9. The largest absolute Gasteiger partial charge is 0.467 e. The molecule has 1 aromatic rings. The Balaban J connectivity index is 2.26. The molecule has 0 aliphatic carbocycles. The smallest absolute Gasteiger partial charge is 0.221 e. The van der Waals surface area contributed by atoms with Gasteiger partial charge in [0.05, 0.1) is 12.3 Å². The Morgan fingerprint density at radius 3 is 2.71 bits per heavy atom. The number of carbonyl (C=O) groups excluding carboxylic acids is 1. The van der Waals surface area contributed by atoms with Gasteiger partial charge in [0.2, 0.25) is 5.91 Å². The van der Waals surface area contributed by atoms with Crippen LogP contribution in [0.25, 0.3) is 0 Å². The zero-order valence-corrected chi connectivity index (χ0v) is 11.0.